The van der Waals surface area contributed by atoms with Gasteiger partial charge in [0, 0.05) is 0 Å². The van der Waals surface area contributed by atoms with Gasteiger partial charge in [0.15, 0.2) is 6.04 Å². The Morgan fingerprint density at radius 1 is 1.24 bits per heavy atom. The van der Waals surface area contributed by atoms with Crippen LogP contribution in [0.5, 0.6) is 5.75 Å². The molecule has 0 radical (unpaired) electrons. The molecular formula is C15H15N3O3. The maximum Gasteiger partial charge on any atom is 0.261 e. The van der Waals surface area contributed by atoms with Gasteiger partial charge in [0.25, 0.3) is 5.91 Å². The molecular weight excluding hydrogens is 270 g/mol. The molecule has 0 bridgehead atoms. The van der Waals surface area contributed by atoms with E-state index >= 15 is 0 Å². The third-order valence-electron chi connectivity index (χ3n) is 4.40. The van der Waals surface area contributed by atoms with E-state index in [1.165, 1.54) is 4.90 Å². The normalized spacial score (nSPS) is 28.3. The van der Waals surface area contributed by atoms with Gasteiger partial charge in [0.05, 0.1) is 23.8 Å². The van der Waals surface area contributed by atoms with E-state index in [1.54, 1.807) is 24.3 Å². The van der Waals surface area contributed by atoms with E-state index in [0.29, 0.717) is 12.3 Å². The Morgan fingerprint density at radius 2 is 1.95 bits per heavy atom. The van der Waals surface area contributed by atoms with Gasteiger partial charge in [-0.15, -0.1) is 0 Å². The zero-order valence-electron chi connectivity index (χ0n) is 11.7. The lowest BCUT2D eigenvalue weighted by atomic mass is 9.94. The number of carbonyl (C=O) groups is 2. The smallest absolute Gasteiger partial charge is 0.261 e. The molecule has 2 amide bonds. The van der Waals surface area contributed by atoms with E-state index in [-0.39, 0.29) is 17.4 Å². The third kappa shape index (κ3) is 1.65. The zero-order valence-corrected chi connectivity index (χ0v) is 11.7. The number of hydrogen-bond donors (Lipinski definition) is 0. The Kier molecular flexibility index (Phi) is 2.46. The molecule has 4 rings (SSSR count). The Bertz CT molecular complexity index is 649. The largest absolute Gasteiger partial charge is 0.494 e. The lowest BCUT2D eigenvalue weighted by molar-refractivity contribution is -0.122. The van der Waals surface area contributed by atoms with Gasteiger partial charge in [-0.1, -0.05) is 0 Å². The average Bonchev–Trinajstić information content (AvgIpc) is 3.07. The van der Waals surface area contributed by atoms with Crippen LogP contribution in [-0.4, -0.2) is 30.0 Å². The molecule has 0 aromatic heterocycles. The molecule has 2 atom stereocenters. The number of carbonyl (C=O) groups excluding carboxylic acids is 2. The fourth-order valence-electron chi connectivity index (χ4n) is 3.19. The van der Waals surface area contributed by atoms with Gasteiger partial charge in [-0.05, 0) is 44.0 Å². The van der Waals surface area contributed by atoms with Crippen molar-refractivity contribution in [3.05, 3.63) is 24.3 Å². The summed E-state index contributed by atoms with van der Waals surface area (Å²) in [7, 11) is 0. The molecule has 0 N–H and O–H groups in total. The van der Waals surface area contributed by atoms with Gasteiger partial charge in [0.1, 0.15) is 5.75 Å². The SMILES string of the molecule is CCOc1ccc(N2C(=O)C3N=NC4(CC4)C3C2=O)cc1. The Hall–Kier alpha value is -2.24. The summed E-state index contributed by atoms with van der Waals surface area (Å²) in [5.74, 6) is -0.103. The highest BCUT2D eigenvalue weighted by Crippen LogP contribution is 2.55. The molecule has 6 heteroatoms. The summed E-state index contributed by atoms with van der Waals surface area (Å²) < 4.78 is 5.37. The number of anilines is 1. The summed E-state index contributed by atoms with van der Waals surface area (Å²) in [5.41, 5.74) is 0.200. The molecule has 1 aromatic carbocycles. The molecule has 2 aliphatic heterocycles. The highest BCUT2D eigenvalue weighted by molar-refractivity contribution is 6.24. The maximum absolute atomic E-state index is 12.6. The second kappa shape index (κ2) is 4.13. The van der Waals surface area contributed by atoms with Crippen molar-refractivity contribution in [2.75, 3.05) is 11.5 Å². The molecule has 2 unspecified atom stereocenters. The number of amides is 2. The van der Waals surface area contributed by atoms with Crippen molar-refractivity contribution in [2.45, 2.75) is 31.3 Å². The first-order chi connectivity index (χ1) is 10.2. The summed E-state index contributed by atoms with van der Waals surface area (Å²) in [6, 6.07) is 6.38. The highest BCUT2D eigenvalue weighted by Gasteiger charge is 2.67. The molecule has 6 nitrogen and oxygen atoms in total. The first kappa shape index (κ1) is 12.5. The first-order valence-corrected chi connectivity index (χ1v) is 7.19. The summed E-state index contributed by atoms with van der Waals surface area (Å²) in [4.78, 5) is 26.3. The van der Waals surface area contributed by atoms with Gasteiger partial charge < -0.3 is 4.74 Å². The average molecular weight is 285 g/mol. The first-order valence-electron chi connectivity index (χ1n) is 7.19. The lowest BCUT2D eigenvalue weighted by Gasteiger charge is -2.16. The highest BCUT2D eigenvalue weighted by atomic mass is 16.5. The molecule has 1 aliphatic carbocycles. The van der Waals surface area contributed by atoms with Crippen LogP contribution in [0, 0.1) is 5.92 Å². The summed E-state index contributed by atoms with van der Waals surface area (Å²) in [6.07, 6.45) is 1.71. The van der Waals surface area contributed by atoms with Crippen LogP contribution < -0.4 is 9.64 Å². The molecule has 2 heterocycles. The minimum Gasteiger partial charge on any atom is -0.494 e. The van der Waals surface area contributed by atoms with E-state index in [2.05, 4.69) is 10.2 Å². The topological polar surface area (TPSA) is 71.3 Å². The standard InChI is InChI=1S/C15H15N3O3/c1-2-21-10-5-3-9(4-6-10)18-13(19)11-12(14(18)20)16-17-15(11)7-8-15/h3-6,11-12H,2,7-8H2,1H3. The number of hydrogen-bond acceptors (Lipinski definition) is 5. The van der Waals surface area contributed by atoms with Crippen molar-refractivity contribution >= 4 is 17.5 Å². The van der Waals surface area contributed by atoms with Crippen LogP contribution in [0.4, 0.5) is 5.69 Å². The van der Waals surface area contributed by atoms with Gasteiger partial charge in [0.2, 0.25) is 5.91 Å². The second-order valence-electron chi connectivity index (χ2n) is 5.68. The van der Waals surface area contributed by atoms with E-state index in [1.807, 2.05) is 6.92 Å². The number of ether oxygens (including phenoxy) is 1. The molecule has 108 valence electrons. The quantitative estimate of drug-likeness (QED) is 0.797. The van der Waals surface area contributed by atoms with Crippen molar-refractivity contribution in [2.24, 2.45) is 16.1 Å². The molecule has 21 heavy (non-hydrogen) atoms. The minimum atomic E-state index is -0.619. The number of fused-ring (bicyclic) bond motifs is 2. The van der Waals surface area contributed by atoms with E-state index in [9.17, 15) is 9.59 Å². The van der Waals surface area contributed by atoms with Gasteiger partial charge in [-0.2, -0.15) is 10.2 Å². The van der Waals surface area contributed by atoms with E-state index in [4.69, 9.17) is 4.74 Å². The summed E-state index contributed by atoms with van der Waals surface area (Å²) in [5, 5.41) is 8.22. The van der Waals surface area contributed by atoms with Crippen molar-refractivity contribution in [1.82, 2.24) is 0 Å². The summed E-state index contributed by atoms with van der Waals surface area (Å²) >= 11 is 0. The number of imide groups is 1. The van der Waals surface area contributed by atoms with Crippen molar-refractivity contribution in [3.8, 4) is 5.75 Å². The van der Waals surface area contributed by atoms with Gasteiger partial charge >= 0.3 is 0 Å². The van der Waals surface area contributed by atoms with Gasteiger partial charge in [-0.3, -0.25) is 9.59 Å². The van der Waals surface area contributed by atoms with Crippen molar-refractivity contribution < 1.29 is 14.3 Å². The van der Waals surface area contributed by atoms with Crippen LogP contribution in [-0.2, 0) is 9.59 Å². The Morgan fingerprint density at radius 3 is 2.57 bits per heavy atom. The van der Waals surface area contributed by atoms with Crippen LogP contribution in [0.15, 0.2) is 34.5 Å². The van der Waals surface area contributed by atoms with E-state index in [0.717, 1.165) is 18.6 Å². The fraction of sp³-hybridized carbons (Fsp3) is 0.467. The molecule has 3 aliphatic rings. The predicted molar refractivity (Wildman–Crippen MR) is 74.2 cm³/mol. The molecule has 1 saturated heterocycles. The van der Waals surface area contributed by atoms with Crippen molar-refractivity contribution in [3.63, 3.8) is 0 Å². The van der Waals surface area contributed by atoms with Crippen LogP contribution in [0.1, 0.15) is 19.8 Å². The van der Waals surface area contributed by atoms with Crippen molar-refractivity contribution in [1.29, 1.82) is 0 Å². The van der Waals surface area contributed by atoms with Crippen LogP contribution in [0.25, 0.3) is 0 Å². The maximum atomic E-state index is 12.6. The van der Waals surface area contributed by atoms with Gasteiger partial charge in [-0.25, -0.2) is 4.90 Å². The molecule has 2 fully saturated rings. The number of azo groups is 1. The minimum absolute atomic E-state index is 0.170. The number of benzene rings is 1. The monoisotopic (exact) mass is 285 g/mol. The molecule has 1 aromatic rings. The van der Waals surface area contributed by atoms with E-state index < -0.39 is 12.0 Å². The fourth-order valence-corrected chi connectivity index (χ4v) is 3.19. The van der Waals surface area contributed by atoms with Crippen LogP contribution in [0.2, 0.25) is 0 Å². The zero-order chi connectivity index (χ0) is 14.6. The Labute approximate surface area is 121 Å². The van der Waals surface area contributed by atoms with Crippen LogP contribution >= 0.6 is 0 Å². The third-order valence-corrected chi connectivity index (χ3v) is 4.40. The molecule has 1 saturated carbocycles. The predicted octanol–water partition coefficient (Wildman–Crippen LogP) is 1.94. The lowest BCUT2D eigenvalue weighted by Crippen LogP contribution is -2.33. The number of rotatable bonds is 3. The number of nitrogens with zero attached hydrogens (tertiary/aromatic N) is 3. The van der Waals surface area contributed by atoms with Crippen LogP contribution in [0.3, 0.4) is 0 Å². The summed E-state index contributed by atoms with van der Waals surface area (Å²) in [6.45, 7) is 2.48. The Balaban J connectivity index is 1.65. The second-order valence-corrected chi connectivity index (χ2v) is 5.68. The molecule has 1 spiro atoms.